The van der Waals surface area contributed by atoms with Crippen molar-refractivity contribution >= 4 is 5.82 Å². The monoisotopic (exact) mass is 259 g/mol. The van der Waals surface area contributed by atoms with Crippen molar-refractivity contribution in [2.24, 2.45) is 0 Å². The Morgan fingerprint density at radius 3 is 2.84 bits per heavy atom. The van der Waals surface area contributed by atoms with Crippen LogP contribution in [-0.2, 0) is 6.54 Å². The van der Waals surface area contributed by atoms with Crippen LogP contribution in [-0.4, -0.2) is 26.1 Å². The van der Waals surface area contributed by atoms with Crippen molar-refractivity contribution in [3.05, 3.63) is 40.5 Å². The molecule has 2 heterocycles. The van der Waals surface area contributed by atoms with E-state index in [-0.39, 0.29) is 5.69 Å². The second-order valence-electron chi connectivity index (χ2n) is 4.91. The maximum absolute atomic E-state index is 12.1. The first-order chi connectivity index (χ1) is 9.17. The zero-order valence-corrected chi connectivity index (χ0v) is 11.1. The fourth-order valence-electron chi connectivity index (χ4n) is 2.16. The van der Waals surface area contributed by atoms with Gasteiger partial charge in [-0.2, -0.15) is 0 Å². The van der Waals surface area contributed by atoms with Crippen molar-refractivity contribution in [2.45, 2.75) is 32.4 Å². The van der Waals surface area contributed by atoms with E-state index in [1.165, 1.54) is 0 Å². The van der Waals surface area contributed by atoms with Crippen LogP contribution in [0.25, 0.3) is 0 Å². The molecule has 1 saturated carbocycles. The van der Waals surface area contributed by atoms with Gasteiger partial charge in [-0.25, -0.2) is 14.8 Å². The van der Waals surface area contributed by atoms with Crippen LogP contribution in [0, 0.1) is 6.92 Å². The standard InChI is InChI=1S/C13H17N5O/c1-9-7-11(14-2)16-12(15-9)8-17-5-6-18(13(17)19)10-3-4-10/h5-7,10H,3-4,8H2,1-2H3,(H,14,15,16). The maximum atomic E-state index is 12.1. The molecule has 1 aliphatic rings. The summed E-state index contributed by atoms with van der Waals surface area (Å²) in [6.07, 6.45) is 5.88. The molecule has 2 aromatic heterocycles. The lowest BCUT2D eigenvalue weighted by Gasteiger charge is -2.05. The Morgan fingerprint density at radius 1 is 1.37 bits per heavy atom. The fraction of sp³-hybridized carbons (Fsp3) is 0.462. The van der Waals surface area contributed by atoms with Gasteiger partial charge in [-0.05, 0) is 19.8 Å². The van der Waals surface area contributed by atoms with E-state index in [9.17, 15) is 4.79 Å². The first kappa shape index (κ1) is 12.0. The molecule has 0 amide bonds. The Hall–Kier alpha value is -2.11. The first-order valence-electron chi connectivity index (χ1n) is 6.47. The Labute approximate surface area is 111 Å². The van der Waals surface area contributed by atoms with Gasteiger partial charge in [-0.15, -0.1) is 0 Å². The zero-order valence-electron chi connectivity index (χ0n) is 11.1. The van der Waals surface area contributed by atoms with Crippen LogP contribution >= 0.6 is 0 Å². The van der Waals surface area contributed by atoms with Crippen molar-refractivity contribution in [3.8, 4) is 0 Å². The van der Waals surface area contributed by atoms with Gasteiger partial charge >= 0.3 is 5.69 Å². The van der Waals surface area contributed by atoms with E-state index >= 15 is 0 Å². The van der Waals surface area contributed by atoms with Crippen LogP contribution < -0.4 is 11.0 Å². The molecule has 0 aromatic carbocycles. The quantitative estimate of drug-likeness (QED) is 0.895. The minimum Gasteiger partial charge on any atom is -0.373 e. The van der Waals surface area contributed by atoms with E-state index in [0.717, 1.165) is 24.4 Å². The molecule has 0 saturated heterocycles. The average molecular weight is 259 g/mol. The van der Waals surface area contributed by atoms with Crippen LogP contribution in [0.15, 0.2) is 23.3 Å². The van der Waals surface area contributed by atoms with Crippen LogP contribution in [0.2, 0.25) is 0 Å². The van der Waals surface area contributed by atoms with Crippen molar-refractivity contribution in [2.75, 3.05) is 12.4 Å². The highest BCUT2D eigenvalue weighted by molar-refractivity contribution is 5.34. The number of aryl methyl sites for hydroxylation is 1. The molecule has 0 atom stereocenters. The first-order valence-corrected chi connectivity index (χ1v) is 6.47. The average Bonchev–Trinajstić information content (AvgIpc) is 3.16. The number of hydrogen-bond donors (Lipinski definition) is 1. The lowest BCUT2D eigenvalue weighted by Crippen LogP contribution is -2.24. The van der Waals surface area contributed by atoms with Gasteiger partial charge < -0.3 is 5.32 Å². The van der Waals surface area contributed by atoms with Gasteiger partial charge in [0.2, 0.25) is 0 Å². The molecule has 1 N–H and O–H groups in total. The molecule has 3 rings (SSSR count). The van der Waals surface area contributed by atoms with Crippen molar-refractivity contribution in [1.82, 2.24) is 19.1 Å². The highest BCUT2D eigenvalue weighted by atomic mass is 16.1. The Balaban J connectivity index is 1.88. The minimum absolute atomic E-state index is 0.0265. The molecule has 0 bridgehead atoms. The van der Waals surface area contributed by atoms with E-state index in [1.54, 1.807) is 9.13 Å². The lowest BCUT2D eigenvalue weighted by molar-refractivity contribution is 0.642. The Morgan fingerprint density at radius 2 is 2.16 bits per heavy atom. The molecule has 0 aliphatic heterocycles. The third kappa shape index (κ3) is 2.38. The molecule has 0 spiro atoms. The van der Waals surface area contributed by atoms with Gasteiger partial charge in [0.25, 0.3) is 0 Å². The van der Waals surface area contributed by atoms with Gasteiger partial charge in [-0.3, -0.25) is 9.13 Å². The zero-order chi connectivity index (χ0) is 13.4. The van der Waals surface area contributed by atoms with Gasteiger partial charge in [-0.1, -0.05) is 0 Å². The topological polar surface area (TPSA) is 64.7 Å². The summed E-state index contributed by atoms with van der Waals surface area (Å²) in [4.78, 5) is 20.9. The number of imidazole rings is 1. The Kier molecular flexibility index (Phi) is 2.85. The van der Waals surface area contributed by atoms with Crippen LogP contribution in [0.4, 0.5) is 5.82 Å². The summed E-state index contributed by atoms with van der Waals surface area (Å²) in [5, 5.41) is 3.00. The van der Waals surface area contributed by atoms with Crippen LogP contribution in [0.5, 0.6) is 0 Å². The normalized spacial score (nSPS) is 14.6. The highest BCUT2D eigenvalue weighted by Gasteiger charge is 2.25. The molecule has 0 unspecified atom stereocenters. The van der Waals surface area contributed by atoms with Gasteiger partial charge in [0.15, 0.2) is 5.82 Å². The summed E-state index contributed by atoms with van der Waals surface area (Å²) in [5.74, 6) is 1.43. The maximum Gasteiger partial charge on any atom is 0.328 e. The molecule has 19 heavy (non-hydrogen) atoms. The second-order valence-corrected chi connectivity index (χ2v) is 4.91. The highest BCUT2D eigenvalue weighted by Crippen LogP contribution is 2.33. The number of anilines is 1. The number of rotatable bonds is 4. The molecule has 1 aliphatic carbocycles. The minimum atomic E-state index is 0.0265. The Bertz CT molecular complexity index is 653. The fourth-order valence-corrected chi connectivity index (χ4v) is 2.16. The summed E-state index contributed by atoms with van der Waals surface area (Å²) in [7, 11) is 1.82. The van der Waals surface area contributed by atoms with E-state index in [0.29, 0.717) is 18.4 Å². The number of aromatic nitrogens is 4. The number of hydrogen-bond acceptors (Lipinski definition) is 4. The largest absolute Gasteiger partial charge is 0.373 e. The van der Waals surface area contributed by atoms with Crippen molar-refractivity contribution < 1.29 is 0 Å². The van der Waals surface area contributed by atoms with Crippen molar-refractivity contribution in [3.63, 3.8) is 0 Å². The number of nitrogens with one attached hydrogen (secondary N) is 1. The summed E-state index contributed by atoms with van der Waals surface area (Å²) < 4.78 is 3.46. The lowest BCUT2D eigenvalue weighted by atomic mass is 10.4. The second kappa shape index (κ2) is 4.53. The molecule has 6 nitrogen and oxygen atoms in total. The summed E-state index contributed by atoms with van der Waals surface area (Å²) >= 11 is 0. The predicted octanol–water partition coefficient (Wildman–Crippen LogP) is 1.17. The third-order valence-corrected chi connectivity index (χ3v) is 3.28. The van der Waals surface area contributed by atoms with E-state index in [1.807, 2.05) is 32.4 Å². The SMILES string of the molecule is CNc1cc(C)nc(Cn2ccn(C3CC3)c2=O)n1. The molecule has 0 radical (unpaired) electrons. The smallest absolute Gasteiger partial charge is 0.328 e. The van der Waals surface area contributed by atoms with Crippen molar-refractivity contribution in [1.29, 1.82) is 0 Å². The van der Waals surface area contributed by atoms with E-state index in [4.69, 9.17) is 0 Å². The molecular weight excluding hydrogens is 242 g/mol. The molecule has 2 aromatic rings. The van der Waals surface area contributed by atoms with E-state index in [2.05, 4.69) is 15.3 Å². The molecular formula is C13H17N5O. The summed E-state index contributed by atoms with van der Waals surface area (Å²) in [6.45, 7) is 2.33. The summed E-state index contributed by atoms with van der Waals surface area (Å²) in [6, 6.07) is 2.28. The van der Waals surface area contributed by atoms with Crippen LogP contribution in [0.1, 0.15) is 30.4 Å². The summed E-state index contributed by atoms with van der Waals surface area (Å²) in [5.41, 5.74) is 0.919. The number of nitrogens with zero attached hydrogens (tertiary/aromatic N) is 4. The van der Waals surface area contributed by atoms with Crippen LogP contribution in [0.3, 0.4) is 0 Å². The van der Waals surface area contributed by atoms with Gasteiger partial charge in [0.1, 0.15) is 5.82 Å². The van der Waals surface area contributed by atoms with Gasteiger partial charge in [0, 0.05) is 37.2 Å². The molecule has 1 fully saturated rings. The van der Waals surface area contributed by atoms with E-state index < -0.39 is 0 Å². The molecule has 6 heteroatoms. The predicted molar refractivity (Wildman–Crippen MR) is 72.4 cm³/mol. The third-order valence-electron chi connectivity index (χ3n) is 3.28. The van der Waals surface area contributed by atoms with Gasteiger partial charge in [0.05, 0.1) is 6.54 Å². The molecule has 100 valence electrons.